The summed E-state index contributed by atoms with van der Waals surface area (Å²) in [7, 11) is 1.78. The highest BCUT2D eigenvalue weighted by Gasteiger charge is 2.35. The molecule has 1 aromatic heterocycles. The fourth-order valence-corrected chi connectivity index (χ4v) is 2.16. The monoisotopic (exact) mass is 256 g/mol. The van der Waals surface area contributed by atoms with Crippen LogP contribution >= 0.6 is 0 Å². The molecule has 0 bridgehead atoms. The zero-order valence-corrected chi connectivity index (χ0v) is 10.3. The van der Waals surface area contributed by atoms with E-state index in [9.17, 15) is 9.59 Å². The Balaban J connectivity index is 1.94. The second-order valence-corrected chi connectivity index (χ2v) is 4.48. The molecule has 6 nitrogen and oxygen atoms in total. The van der Waals surface area contributed by atoms with Crippen molar-refractivity contribution in [2.45, 2.75) is 6.54 Å². The second kappa shape index (κ2) is 3.94. The third-order valence-electron chi connectivity index (χ3n) is 3.08. The average Bonchev–Trinajstić information content (AvgIpc) is 2.88. The Morgan fingerprint density at radius 2 is 1.89 bits per heavy atom. The van der Waals surface area contributed by atoms with E-state index in [0.717, 1.165) is 0 Å². The first kappa shape index (κ1) is 11.5. The quantitative estimate of drug-likeness (QED) is 0.636. The van der Waals surface area contributed by atoms with Crippen LogP contribution in [0, 0.1) is 0 Å². The molecule has 0 atom stereocenters. The van der Waals surface area contributed by atoms with E-state index in [-0.39, 0.29) is 18.4 Å². The zero-order valence-electron chi connectivity index (χ0n) is 10.3. The maximum Gasteiger partial charge on any atom is 0.261 e. The van der Waals surface area contributed by atoms with Crippen LogP contribution in [0.2, 0.25) is 0 Å². The van der Waals surface area contributed by atoms with Crippen molar-refractivity contribution in [1.29, 1.82) is 0 Å². The highest BCUT2D eigenvalue weighted by Crippen LogP contribution is 2.25. The minimum atomic E-state index is -0.321. The molecule has 2 aromatic rings. The van der Waals surface area contributed by atoms with Crippen molar-refractivity contribution < 1.29 is 9.59 Å². The van der Waals surface area contributed by atoms with Crippen LogP contribution in [0.5, 0.6) is 0 Å². The van der Waals surface area contributed by atoms with Crippen LogP contribution in [0.25, 0.3) is 0 Å². The molecule has 96 valence electrons. The number of nitrogens with zero attached hydrogens (tertiary/aromatic N) is 3. The van der Waals surface area contributed by atoms with Crippen molar-refractivity contribution in [1.82, 2.24) is 14.7 Å². The maximum atomic E-state index is 12.2. The molecule has 0 spiro atoms. The zero-order chi connectivity index (χ0) is 13.6. The molecule has 6 heteroatoms. The first-order valence-electron chi connectivity index (χ1n) is 5.80. The molecule has 1 aliphatic rings. The normalized spacial score (nSPS) is 14.1. The fraction of sp³-hybridized carbons (Fsp3) is 0.154. The van der Waals surface area contributed by atoms with Crippen molar-refractivity contribution in [2.75, 3.05) is 5.73 Å². The van der Waals surface area contributed by atoms with Gasteiger partial charge in [0.1, 0.15) is 0 Å². The summed E-state index contributed by atoms with van der Waals surface area (Å²) in [6, 6.07) is 6.52. The average molecular weight is 256 g/mol. The Morgan fingerprint density at radius 3 is 2.58 bits per heavy atom. The molecule has 2 N–H and O–H groups in total. The number of hydrogen-bond donors (Lipinski definition) is 1. The van der Waals surface area contributed by atoms with Gasteiger partial charge in [0.2, 0.25) is 0 Å². The van der Waals surface area contributed by atoms with E-state index < -0.39 is 0 Å². The van der Waals surface area contributed by atoms with Gasteiger partial charge in [0.15, 0.2) is 0 Å². The smallest absolute Gasteiger partial charge is 0.261 e. The molecule has 0 radical (unpaired) electrons. The van der Waals surface area contributed by atoms with E-state index in [2.05, 4.69) is 5.10 Å². The summed E-state index contributed by atoms with van der Waals surface area (Å²) < 4.78 is 1.63. The number of imide groups is 1. The van der Waals surface area contributed by atoms with Crippen molar-refractivity contribution in [3.8, 4) is 0 Å². The summed E-state index contributed by atoms with van der Waals surface area (Å²) in [5.41, 5.74) is 7.55. The number of carbonyl (C=O) groups excluding carboxylic acids is 2. The Hall–Kier alpha value is -2.63. The molecule has 1 aliphatic heterocycles. The summed E-state index contributed by atoms with van der Waals surface area (Å²) in [6.07, 6.45) is 1.77. The predicted octanol–water partition coefficient (Wildman–Crippen LogP) is 0.799. The van der Waals surface area contributed by atoms with E-state index in [1.54, 1.807) is 36.1 Å². The Bertz CT molecular complexity index is 690. The lowest BCUT2D eigenvalue weighted by atomic mass is 10.1. The van der Waals surface area contributed by atoms with Gasteiger partial charge < -0.3 is 5.73 Å². The van der Waals surface area contributed by atoms with E-state index >= 15 is 0 Å². The number of benzene rings is 1. The number of rotatable bonds is 2. The number of aromatic nitrogens is 2. The largest absolute Gasteiger partial charge is 0.399 e. The first-order chi connectivity index (χ1) is 9.06. The van der Waals surface area contributed by atoms with Crippen molar-refractivity contribution >= 4 is 17.5 Å². The summed E-state index contributed by atoms with van der Waals surface area (Å²) in [5.74, 6) is -0.622. The number of anilines is 1. The summed E-state index contributed by atoms with van der Waals surface area (Å²) in [6.45, 7) is 0.174. The number of carbonyl (C=O) groups is 2. The topological polar surface area (TPSA) is 81.2 Å². The summed E-state index contributed by atoms with van der Waals surface area (Å²) >= 11 is 0. The van der Waals surface area contributed by atoms with Gasteiger partial charge in [-0.1, -0.05) is 0 Å². The number of nitrogen functional groups attached to an aromatic ring is 1. The Kier molecular flexibility index (Phi) is 2.38. The van der Waals surface area contributed by atoms with Gasteiger partial charge in [0.25, 0.3) is 11.8 Å². The molecule has 2 amide bonds. The fourth-order valence-electron chi connectivity index (χ4n) is 2.16. The number of aryl methyl sites for hydroxylation is 1. The molecule has 0 saturated heterocycles. The van der Waals surface area contributed by atoms with Crippen LogP contribution in [-0.2, 0) is 13.6 Å². The van der Waals surface area contributed by atoms with E-state index in [1.165, 1.54) is 11.0 Å². The number of fused-ring (bicyclic) bond motifs is 1. The SMILES string of the molecule is Cn1ccc(CN2C(=O)c3ccc(N)cc3C2=O)n1. The second-order valence-electron chi connectivity index (χ2n) is 4.48. The third kappa shape index (κ3) is 1.77. The minimum absolute atomic E-state index is 0.174. The number of amides is 2. The molecule has 19 heavy (non-hydrogen) atoms. The molecule has 1 aromatic carbocycles. The number of hydrogen-bond acceptors (Lipinski definition) is 4. The van der Waals surface area contributed by atoms with Gasteiger partial charge in [-0.3, -0.25) is 19.2 Å². The number of nitrogens with two attached hydrogens (primary N) is 1. The molecule has 0 unspecified atom stereocenters. The summed E-state index contributed by atoms with van der Waals surface area (Å²) in [5, 5.41) is 4.17. The lowest BCUT2D eigenvalue weighted by molar-refractivity contribution is 0.0640. The van der Waals surface area contributed by atoms with Gasteiger partial charge in [0, 0.05) is 18.9 Å². The molecule has 2 heterocycles. The lowest BCUT2D eigenvalue weighted by Crippen LogP contribution is -2.29. The minimum Gasteiger partial charge on any atom is -0.399 e. The van der Waals surface area contributed by atoms with Crippen LogP contribution in [0.1, 0.15) is 26.4 Å². The van der Waals surface area contributed by atoms with Crippen LogP contribution in [0.4, 0.5) is 5.69 Å². The van der Waals surface area contributed by atoms with E-state index in [1.807, 2.05) is 0 Å². The van der Waals surface area contributed by atoms with Gasteiger partial charge in [-0.25, -0.2) is 0 Å². The Labute approximate surface area is 109 Å². The van der Waals surface area contributed by atoms with Crippen LogP contribution in [0.15, 0.2) is 30.5 Å². The molecule has 0 aliphatic carbocycles. The van der Waals surface area contributed by atoms with Gasteiger partial charge in [-0.2, -0.15) is 5.10 Å². The molecule has 3 rings (SSSR count). The highest BCUT2D eigenvalue weighted by atomic mass is 16.2. The van der Waals surface area contributed by atoms with E-state index in [4.69, 9.17) is 5.73 Å². The standard InChI is InChI=1S/C13H12N4O2/c1-16-5-4-9(15-16)7-17-12(18)10-3-2-8(14)6-11(10)13(17)19/h2-6H,7,14H2,1H3. The maximum absolute atomic E-state index is 12.2. The lowest BCUT2D eigenvalue weighted by Gasteiger charge is -2.11. The summed E-state index contributed by atoms with van der Waals surface area (Å²) in [4.78, 5) is 25.5. The van der Waals surface area contributed by atoms with Gasteiger partial charge >= 0.3 is 0 Å². The first-order valence-corrected chi connectivity index (χ1v) is 5.80. The van der Waals surface area contributed by atoms with Gasteiger partial charge in [0.05, 0.1) is 23.4 Å². The molecule has 0 fully saturated rings. The van der Waals surface area contributed by atoms with Crippen LogP contribution in [0.3, 0.4) is 0 Å². The predicted molar refractivity (Wildman–Crippen MR) is 68.3 cm³/mol. The molecular formula is C13H12N4O2. The van der Waals surface area contributed by atoms with Crippen molar-refractivity contribution in [3.05, 3.63) is 47.3 Å². The molecule has 0 saturated carbocycles. The van der Waals surface area contributed by atoms with Crippen molar-refractivity contribution in [2.24, 2.45) is 7.05 Å². The van der Waals surface area contributed by atoms with Crippen molar-refractivity contribution in [3.63, 3.8) is 0 Å². The van der Waals surface area contributed by atoms with Crippen LogP contribution < -0.4 is 5.73 Å². The van der Waals surface area contributed by atoms with Gasteiger partial charge in [-0.05, 0) is 24.3 Å². The van der Waals surface area contributed by atoms with Gasteiger partial charge in [-0.15, -0.1) is 0 Å². The van der Waals surface area contributed by atoms with Crippen LogP contribution in [-0.4, -0.2) is 26.5 Å². The third-order valence-corrected chi connectivity index (χ3v) is 3.08. The van der Waals surface area contributed by atoms with E-state index in [0.29, 0.717) is 22.5 Å². The Morgan fingerprint density at radius 1 is 1.16 bits per heavy atom. The highest BCUT2D eigenvalue weighted by molar-refractivity contribution is 6.21. The molecular weight excluding hydrogens is 244 g/mol.